The molecular weight excluding hydrogens is 388 g/mol. The van der Waals surface area contributed by atoms with Crippen molar-refractivity contribution in [3.8, 4) is 0 Å². The molecule has 0 radical (unpaired) electrons. The van der Waals surface area contributed by atoms with E-state index in [0.29, 0.717) is 6.54 Å². The molecule has 2 aromatic rings. The van der Waals surface area contributed by atoms with E-state index in [1.54, 1.807) is 12.4 Å². The number of nitrogens with zero attached hydrogens (tertiary/aromatic N) is 4. The van der Waals surface area contributed by atoms with Crippen LogP contribution in [0.25, 0.3) is 0 Å². The fourth-order valence-electron chi connectivity index (χ4n) is 3.91. The first kappa shape index (κ1) is 23.4. The highest BCUT2D eigenvalue weighted by Crippen LogP contribution is 2.13. The topological polar surface area (TPSA) is 48.9 Å². The van der Waals surface area contributed by atoms with Gasteiger partial charge >= 0.3 is 0 Å². The van der Waals surface area contributed by atoms with Gasteiger partial charge in [-0.05, 0) is 54.9 Å². The summed E-state index contributed by atoms with van der Waals surface area (Å²) < 4.78 is 5.43. The van der Waals surface area contributed by atoms with Crippen molar-refractivity contribution in [1.82, 2.24) is 19.7 Å². The molecule has 0 bridgehead atoms. The zero-order valence-corrected chi connectivity index (χ0v) is 19.0. The van der Waals surface area contributed by atoms with E-state index in [0.717, 1.165) is 76.6 Å². The Labute approximate surface area is 186 Å². The van der Waals surface area contributed by atoms with E-state index in [1.165, 1.54) is 5.56 Å². The van der Waals surface area contributed by atoms with E-state index in [1.807, 2.05) is 29.2 Å². The number of aromatic nitrogens is 1. The molecule has 1 aromatic carbocycles. The molecule has 1 amide bonds. The smallest absolute Gasteiger partial charge is 0.254 e. The normalized spacial score (nSPS) is 14.7. The number of carbonyl (C=O) groups excluding carboxylic acids is 1. The Morgan fingerprint density at radius 1 is 0.968 bits per heavy atom. The summed E-state index contributed by atoms with van der Waals surface area (Å²) in [5, 5.41) is 0. The first-order chi connectivity index (χ1) is 15.2. The van der Waals surface area contributed by atoms with Crippen LogP contribution in [-0.2, 0) is 17.8 Å². The number of morpholine rings is 1. The van der Waals surface area contributed by atoms with E-state index >= 15 is 0 Å². The molecule has 1 saturated heterocycles. The molecule has 6 nitrogen and oxygen atoms in total. The number of amides is 1. The van der Waals surface area contributed by atoms with E-state index < -0.39 is 0 Å². The summed E-state index contributed by atoms with van der Waals surface area (Å²) in [5.74, 6) is 0.0909. The maximum Gasteiger partial charge on any atom is 0.254 e. The maximum absolute atomic E-state index is 13.3. The van der Waals surface area contributed by atoms with Crippen molar-refractivity contribution in [2.45, 2.75) is 33.4 Å². The van der Waals surface area contributed by atoms with Crippen molar-refractivity contribution < 1.29 is 9.53 Å². The van der Waals surface area contributed by atoms with Crippen LogP contribution in [0.1, 0.15) is 41.8 Å². The van der Waals surface area contributed by atoms with Gasteiger partial charge in [0.15, 0.2) is 0 Å². The lowest BCUT2D eigenvalue weighted by Crippen LogP contribution is -2.39. The number of hydrogen-bond acceptors (Lipinski definition) is 5. The van der Waals surface area contributed by atoms with Gasteiger partial charge in [-0.2, -0.15) is 0 Å². The SMILES string of the molecule is CCN(CC)Cc1ccc(C(=O)N(CCCN2CCOCC2)Cc2ccncc2)cc1. The Balaban J connectivity index is 1.64. The van der Waals surface area contributed by atoms with E-state index in [4.69, 9.17) is 4.74 Å². The fraction of sp³-hybridized carbons (Fsp3) is 0.520. The van der Waals surface area contributed by atoms with Crippen LogP contribution in [-0.4, -0.2) is 78.1 Å². The summed E-state index contributed by atoms with van der Waals surface area (Å²) in [5.41, 5.74) is 3.10. The number of hydrogen-bond donors (Lipinski definition) is 0. The lowest BCUT2D eigenvalue weighted by molar-refractivity contribution is 0.0355. The standard InChI is InChI=1S/C25H36N4O2/c1-3-27(4-2)20-22-6-8-24(9-7-22)25(30)29(21-23-10-12-26-13-11-23)15-5-14-28-16-18-31-19-17-28/h6-13H,3-5,14-21H2,1-2H3. The lowest BCUT2D eigenvalue weighted by Gasteiger charge is -2.28. The van der Waals surface area contributed by atoms with Gasteiger partial charge in [0.05, 0.1) is 13.2 Å². The average Bonchev–Trinajstić information content (AvgIpc) is 2.83. The van der Waals surface area contributed by atoms with Crippen molar-refractivity contribution in [1.29, 1.82) is 0 Å². The molecule has 1 fully saturated rings. The van der Waals surface area contributed by atoms with Gasteiger partial charge in [-0.25, -0.2) is 0 Å². The van der Waals surface area contributed by atoms with Gasteiger partial charge in [-0.3, -0.25) is 19.6 Å². The van der Waals surface area contributed by atoms with E-state index in [-0.39, 0.29) is 5.91 Å². The molecule has 1 aliphatic rings. The van der Waals surface area contributed by atoms with Crippen LogP contribution in [0.15, 0.2) is 48.8 Å². The van der Waals surface area contributed by atoms with Crippen LogP contribution in [0.2, 0.25) is 0 Å². The molecule has 0 atom stereocenters. The number of ether oxygens (including phenoxy) is 1. The van der Waals surface area contributed by atoms with E-state index in [2.05, 4.69) is 40.8 Å². The summed E-state index contributed by atoms with van der Waals surface area (Å²) in [6.45, 7) is 13.2. The second-order valence-electron chi connectivity index (χ2n) is 8.05. The van der Waals surface area contributed by atoms with Gasteiger partial charge in [-0.1, -0.05) is 26.0 Å². The number of pyridine rings is 1. The number of benzene rings is 1. The minimum Gasteiger partial charge on any atom is -0.379 e. The summed E-state index contributed by atoms with van der Waals surface area (Å²) in [6.07, 6.45) is 4.53. The molecule has 1 aliphatic heterocycles. The third-order valence-corrected chi connectivity index (χ3v) is 5.92. The van der Waals surface area contributed by atoms with Crippen LogP contribution in [0, 0.1) is 0 Å². The molecule has 31 heavy (non-hydrogen) atoms. The third kappa shape index (κ3) is 7.42. The van der Waals surface area contributed by atoms with Gasteiger partial charge < -0.3 is 9.64 Å². The fourth-order valence-corrected chi connectivity index (χ4v) is 3.91. The third-order valence-electron chi connectivity index (χ3n) is 5.92. The van der Waals surface area contributed by atoms with Crippen LogP contribution in [0.4, 0.5) is 0 Å². The second kappa shape index (κ2) is 12.5. The monoisotopic (exact) mass is 424 g/mol. The Bertz CT molecular complexity index is 772. The molecule has 0 N–H and O–H groups in total. The molecule has 6 heteroatoms. The highest BCUT2D eigenvalue weighted by molar-refractivity contribution is 5.94. The molecule has 168 valence electrons. The first-order valence-electron chi connectivity index (χ1n) is 11.5. The minimum atomic E-state index is 0.0909. The Morgan fingerprint density at radius 2 is 1.61 bits per heavy atom. The number of carbonyl (C=O) groups is 1. The molecular formula is C25H36N4O2. The molecule has 3 rings (SSSR count). The van der Waals surface area contributed by atoms with E-state index in [9.17, 15) is 4.79 Å². The zero-order valence-electron chi connectivity index (χ0n) is 19.0. The Morgan fingerprint density at radius 3 is 2.26 bits per heavy atom. The molecule has 0 unspecified atom stereocenters. The minimum absolute atomic E-state index is 0.0909. The summed E-state index contributed by atoms with van der Waals surface area (Å²) in [6, 6.07) is 12.1. The highest BCUT2D eigenvalue weighted by atomic mass is 16.5. The second-order valence-corrected chi connectivity index (χ2v) is 8.05. The molecule has 0 spiro atoms. The van der Waals surface area contributed by atoms with Gasteiger partial charge in [0.25, 0.3) is 5.91 Å². The molecule has 1 aromatic heterocycles. The zero-order chi connectivity index (χ0) is 21.9. The van der Waals surface area contributed by atoms with Crippen LogP contribution in [0.3, 0.4) is 0 Å². The quantitative estimate of drug-likeness (QED) is 0.554. The molecule has 0 saturated carbocycles. The van der Waals surface area contributed by atoms with Crippen molar-refractivity contribution in [2.75, 3.05) is 52.5 Å². The van der Waals surface area contributed by atoms with Gasteiger partial charge in [-0.15, -0.1) is 0 Å². The molecule has 2 heterocycles. The Hall–Kier alpha value is -2.28. The van der Waals surface area contributed by atoms with Crippen molar-refractivity contribution >= 4 is 5.91 Å². The number of rotatable bonds is 11. The predicted octanol–water partition coefficient (Wildman–Crippen LogP) is 3.29. The predicted molar refractivity (Wildman–Crippen MR) is 124 cm³/mol. The highest BCUT2D eigenvalue weighted by Gasteiger charge is 2.17. The Kier molecular flexibility index (Phi) is 9.46. The van der Waals surface area contributed by atoms with Gasteiger partial charge in [0.2, 0.25) is 0 Å². The average molecular weight is 425 g/mol. The van der Waals surface area contributed by atoms with Crippen LogP contribution in [0.5, 0.6) is 0 Å². The largest absolute Gasteiger partial charge is 0.379 e. The van der Waals surface area contributed by atoms with Crippen LogP contribution >= 0.6 is 0 Å². The van der Waals surface area contributed by atoms with Crippen molar-refractivity contribution in [3.05, 3.63) is 65.5 Å². The summed E-state index contributed by atoms with van der Waals surface area (Å²) >= 11 is 0. The van der Waals surface area contributed by atoms with Crippen molar-refractivity contribution in [2.24, 2.45) is 0 Å². The maximum atomic E-state index is 13.3. The lowest BCUT2D eigenvalue weighted by atomic mass is 10.1. The van der Waals surface area contributed by atoms with Crippen LogP contribution < -0.4 is 0 Å². The van der Waals surface area contributed by atoms with Gasteiger partial charge in [0.1, 0.15) is 0 Å². The van der Waals surface area contributed by atoms with Crippen molar-refractivity contribution in [3.63, 3.8) is 0 Å². The summed E-state index contributed by atoms with van der Waals surface area (Å²) in [7, 11) is 0. The summed E-state index contributed by atoms with van der Waals surface area (Å²) in [4.78, 5) is 24.2. The first-order valence-corrected chi connectivity index (χ1v) is 11.5. The molecule has 0 aliphatic carbocycles. The van der Waals surface area contributed by atoms with Gasteiger partial charge in [0, 0.05) is 57.2 Å².